The maximum atomic E-state index is 13.2. The molecule has 1 heterocycles. The van der Waals surface area contributed by atoms with Gasteiger partial charge in [0.15, 0.2) is 5.69 Å². The number of alkyl halides is 3. The molecule has 0 aliphatic carbocycles. The van der Waals surface area contributed by atoms with Crippen LogP contribution in [-0.4, -0.2) is 23.7 Å². The molecular weight excluding hydrogens is 439 g/mol. The smallest absolute Gasteiger partial charge is 0.396 e. The fourth-order valence-electron chi connectivity index (χ4n) is 2.90. The molecule has 0 unspecified atom stereocenters. The number of aromatic nitrogens is 1. The lowest BCUT2D eigenvalue weighted by Crippen LogP contribution is -2.17. The second-order valence-corrected chi connectivity index (χ2v) is 8.15. The van der Waals surface area contributed by atoms with Crippen molar-refractivity contribution in [1.29, 1.82) is 0 Å². The van der Waals surface area contributed by atoms with Crippen LogP contribution in [0, 0.1) is 6.92 Å². The SMILES string of the molecule is CCCCO/N=C\c1ccc(-c2ccccc2NC(=O)c2sc(C)nc2C(F)(F)F)cc1. The second-order valence-electron chi connectivity index (χ2n) is 6.95. The number of nitrogens with one attached hydrogen (secondary N) is 1. The number of halogens is 3. The first-order chi connectivity index (χ1) is 15.3. The summed E-state index contributed by atoms with van der Waals surface area (Å²) in [5, 5.41) is 6.70. The lowest BCUT2D eigenvalue weighted by Gasteiger charge is -2.12. The first-order valence-corrected chi connectivity index (χ1v) is 10.8. The number of hydrogen-bond acceptors (Lipinski definition) is 5. The van der Waals surface area contributed by atoms with Crippen molar-refractivity contribution in [3.63, 3.8) is 0 Å². The van der Waals surface area contributed by atoms with E-state index in [4.69, 9.17) is 4.84 Å². The number of carbonyl (C=O) groups is 1. The van der Waals surface area contributed by atoms with Gasteiger partial charge in [0.05, 0.1) is 11.2 Å². The van der Waals surface area contributed by atoms with Crippen molar-refractivity contribution >= 4 is 29.1 Å². The monoisotopic (exact) mass is 461 g/mol. The molecular formula is C23H22F3N3O2S. The zero-order chi connectivity index (χ0) is 23.1. The summed E-state index contributed by atoms with van der Waals surface area (Å²) >= 11 is 0.715. The number of unbranched alkanes of at least 4 members (excludes halogenated alkanes) is 1. The van der Waals surface area contributed by atoms with Gasteiger partial charge in [0.25, 0.3) is 5.91 Å². The van der Waals surface area contributed by atoms with Crippen LogP contribution in [0.4, 0.5) is 18.9 Å². The normalized spacial score (nSPS) is 11.7. The highest BCUT2D eigenvalue weighted by atomic mass is 32.1. The summed E-state index contributed by atoms with van der Waals surface area (Å²) in [6, 6.07) is 14.3. The van der Waals surface area contributed by atoms with Crippen molar-refractivity contribution in [2.24, 2.45) is 5.16 Å². The highest BCUT2D eigenvalue weighted by molar-refractivity contribution is 7.13. The van der Waals surface area contributed by atoms with Crippen LogP contribution in [0.25, 0.3) is 11.1 Å². The van der Waals surface area contributed by atoms with Crippen molar-refractivity contribution in [3.05, 3.63) is 69.7 Å². The van der Waals surface area contributed by atoms with Gasteiger partial charge in [-0.2, -0.15) is 13.2 Å². The molecule has 32 heavy (non-hydrogen) atoms. The van der Waals surface area contributed by atoms with Crippen LogP contribution in [0.15, 0.2) is 53.7 Å². The Balaban J connectivity index is 1.79. The van der Waals surface area contributed by atoms with Crippen molar-refractivity contribution in [1.82, 2.24) is 4.98 Å². The zero-order valence-electron chi connectivity index (χ0n) is 17.6. The fraction of sp³-hybridized carbons (Fsp3) is 0.261. The van der Waals surface area contributed by atoms with E-state index in [1.165, 1.54) is 6.92 Å². The number of carbonyl (C=O) groups excluding carboxylic acids is 1. The Morgan fingerprint density at radius 1 is 1.19 bits per heavy atom. The van der Waals surface area contributed by atoms with Crippen molar-refractivity contribution in [2.75, 3.05) is 11.9 Å². The molecule has 0 atom stereocenters. The molecule has 168 valence electrons. The van der Waals surface area contributed by atoms with Gasteiger partial charge < -0.3 is 10.2 Å². The number of benzene rings is 2. The van der Waals surface area contributed by atoms with Gasteiger partial charge in [-0.15, -0.1) is 11.3 Å². The summed E-state index contributed by atoms with van der Waals surface area (Å²) in [6.07, 6.45) is -1.13. The van der Waals surface area contributed by atoms with Gasteiger partial charge in [-0.3, -0.25) is 4.79 Å². The van der Waals surface area contributed by atoms with Gasteiger partial charge >= 0.3 is 6.18 Å². The summed E-state index contributed by atoms with van der Waals surface area (Å²) in [5.41, 5.74) is 1.54. The summed E-state index contributed by atoms with van der Waals surface area (Å²) in [6.45, 7) is 4.07. The summed E-state index contributed by atoms with van der Waals surface area (Å²) in [4.78, 5) is 20.9. The predicted octanol–water partition coefficient (Wildman–Crippen LogP) is 6.54. The Hall–Kier alpha value is -3.20. The molecule has 3 aromatic rings. The van der Waals surface area contributed by atoms with E-state index in [1.807, 2.05) is 24.3 Å². The first-order valence-electron chi connectivity index (χ1n) is 10.0. The van der Waals surface area contributed by atoms with Gasteiger partial charge in [-0.25, -0.2) is 4.98 Å². The Bertz CT molecular complexity index is 1090. The molecule has 0 saturated heterocycles. The number of para-hydroxylation sites is 1. The van der Waals surface area contributed by atoms with E-state index in [-0.39, 0.29) is 5.01 Å². The minimum atomic E-state index is -4.70. The minimum absolute atomic E-state index is 0.173. The molecule has 1 aromatic heterocycles. The van der Waals surface area contributed by atoms with E-state index in [0.717, 1.165) is 24.0 Å². The number of amides is 1. The molecule has 0 aliphatic heterocycles. The molecule has 0 saturated carbocycles. The van der Waals surface area contributed by atoms with Crippen LogP contribution in [0.5, 0.6) is 0 Å². The van der Waals surface area contributed by atoms with Crippen LogP contribution in [0.2, 0.25) is 0 Å². The molecule has 2 aromatic carbocycles. The first kappa shape index (κ1) is 23.5. The molecule has 0 aliphatic rings. The Morgan fingerprint density at radius 3 is 2.59 bits per heavy atom. The van der Waals surface area contributed by atoms with Gasteiger partial charge in [0, 0.05) is 11.3 Å². The molecule has 1 N–H and O–H groups in total. The van der Waals surface area contributed by atoms with Crippen molar-refractivity contribution < 1.29 is 22.8 Å². The molecule has 9 heteroatoms. The molecule has 0 radical (unpaired) electrons. The number of nitrogens with zero attached hydrogens (tertiary/aromatic N) is 2. The molecule has 0 bridgehead atoms. The highest BCUT2D eigenvalue weighted by Gasteiger charge is 2.39. The third kappa shape index (κ3) is 5.94. The average Bonchev–Trinajstić information content (AvgIpc) is 3.17. The van der Waals surface area contributed by atoms with Gasteiger partial charge in [0.2, 0.25) is 0 Å². The summed E-state index contributed by atoms with van der Waals surface area (Å²) in [7, 11) is 0. The summed E-state index contributed by atoms with van der Waals surface area (Å²) in [5.74, 6) is -0.844. The fourth-order valence-corrected chi connectivity index (χ4v) is 3.74. The van der Waals surface area contributed by atoms with E-state index in [9.17, 15) is 18.0 Å². The molecule has 0 fully saturated rings. The Kier molecular flexibility index (Phi) is 7.63. The predicted molar refractivity (Wildman–Crippen MR) is 120 cm³/mol. The lowest BCUT2D eigenvalue weighted by atomic mass is 10.0. The topological polar surface area (TPSA) is 63.6 Å². The largest absolute Gasteiger partial charge is 0.435 e. The highest BCUT2D eigenvalue weighted by Crippen LogP contribution is 2.35. The number of oxime groups is 1. The molecule has 5 nitrogen and oxygen atoms in total. The number of rotatable bonds is 8. The van der Waals surface area contributed by atoms with Gasteiger partial charge in [0.1, 0.15) is 11.5 Å². The van der Waals surface area contributed by atoms with E-state index in [2.05, 4.69) is 22.4 Å². The third-order valence-corrected chi connectivity index (χ3v) is 5.44. The van der Waals surface area contributed by atoms with Crippen LogP contribution >= 0.6 is 11.3 Å². The standard InChI is InChI=1S/C23H22F3N3O2S/c1-3-4-13-31-27-14-16-9-11-17(12-10-16)18-7-5-6-8-19(18)29-22(30)20-21(23(24,25)26)28-15(2)32-20/h5-12,14H,3-4,13H2,1-2H3,(H,29,30)/b27-14-. The molecule has 1 amide bonds. The zero-order valence-corrected chi connectivity index (χ0v) is 18.4. The maximum absolute atomic E-state index is 13.2. The lowest BCUT2D eigenvalue weighted by molar-refractivity contribution is -0.141. The van der Waals surface area contributed by atoms with Crippen LogP contribution in [0.3, 0.4) is 0 Å². The van der Waals surface area contributed by atoms with E-state index < -0.39 is 22.7 Å². The summed E-state index contributed by atoms with van der Waals surface area (Å²) < 4.78 is 39.7. The quantitative estimate of drug-likeness (QED) is 0.235. The average molecular weight is 462 g/mol. The van der Waals surface area contributed by atoms with E-state index >= 15 is 0 Å². The van der Waals surface area contributed by atoms with Crippen molar-refractivity contribution in [3.8, 4) is 11.1 Å². The number of anilines is 1. The van der Waals surface area contributed by atoms with Crippen LogP contribution in [-0.2, 0) is 11.0 Å². The molecule has 3 rings (SSSR count). The Labute approximate surface area is 187 Å². The van der Waals surface area contributed by atoms with Crippen LogP contribution in [0.1, 0.15) is 45.7 Å². The third-order valence-electron chi connectivity index (χ3n) is 4.47. The second kappa shape index (κ2) is 10.4. The van der Waals surface area contributed by atoms with Crippen LogP contribution < -0.4 is 5.32 Å². The molecule has 0 spiro atoms. The van der Waals surface area contributed by atoms with Crippen molar-refractivity contribution in [2.45, 2.75) is 32.9 Å². The van der Waals surface area contributed by atoms with Gasteiger partial charge in [-0.05, 0) is 30.5 Å². The minimum Gasteiger partial charge on any atom is -0.396 e. The maximum Gasteiger partial charge on any atom is 0.435 e. The Morgan fingerprint density at radius 2 is 1.91 bits per heavy atom. The number of aryl methyl sites for hydroxylation is 1. The number of hydrogen-bond donors (Lipinski definition) is 1. The van der Waals surface area contributed by atoms with E-state index in [1.54, 1.807) is 30.5 Å². The van der Waals surface area contributed by atoms with E-state index in [0.29, 0.717) is 29.2 Å². The number of thiazole rings is 1. The van der Waals surface area contributed by atoms with Gasteiger partial charge in [-0.1, -0.05) is 61.0 Å².